The second-order valence-corrected chi connectivity index (χ2v) is 14.9. The van der Waals surface area contributed by atoms with E-state index < -0.39 is 71.7 Å². The standard InChI is InChI=1S/C34H22F8NO.C13H12N.Ir/c1-30(2,3)16-19-15-24(43-29-26(19)31(35,36)33(39,40)34(41,42)32(29,37)38)23-10-6-9-21-22-14-13-18-12-11-17-7-4-5-8-20(17)25(18)28(22)44-27(21)23;1-10-3-6-12(7-4-10)13-8-5-11(2)9-14-13;/h4-9,11-15H,16H2,1-3H3;3-6,8-9H,1-2H3;/q2*-1;/i16D2;1D3,2D3;. The second kappa shape index (κ2) is 14.5. The predicted molar refractivity (Wildman–Crippen MR) is 210 cm³/mol. The first-order valence-electron chi connectivity index (χ1n) is 21.7. The minimum Gasteiger partial charge on any atom is -0.500 e. The molecule has 0 saturated carbocycles. The van der Waals surface area contributed by atoms with Crippen LogP contribution < -0.4 is 0 Å². The van der Waals surface area contributed by atoms with E-state index in [1.807, 2.05) is 42.5 Å². The van der Waals surface area contributed by atoms with E-state index in [-0.39, 0.29) is 42.4 Å². The summed E-state index contributed by atoms with van der Waals surface area (Å²) < 4.78 is 187. The summed E-state index contributed by atoms with van der Waals surface area (Å²) in [5.41, 5.74) is -6.63. The average molecular weight is 995 g/mol. The molecule has 1 aliphatic rings. The van der Waals surface area contributed by atoms with Gasteiger partial charge in [-0.3, -0.25) is 4.98 Å². The Hall–Kier alpha value is -5.19. The number of benzene rings is 5. The Morgan fingerprint density at radius 1 is 0.712 bits per heavy atom. The summed E-state index contributed by atoms with van der Waals surface area (Å²) >= 11 is 0. The van der Waals surface area contributed by atoms with Crippen LogP contribution in [0.5, 0.6) is 0 Å². The molecule has 9 rings (SSSR count). The van der Waals surface area contributed by atoms with E-state index in [1.54, 1.807) is 24.3 Å². The van der Waals surface area contributed by atoms with E-state index in [0.29, 0.717) is 39.1 Å². The molecule has 0 amide bonds. The number of rotatable bonds is 3. The number of furan rings is 1. The van der Waals surface area contributed by atoms with Gasteiger partial charge in [-0.05, 0) is 57.3 Å². The quantitative estimate of drug-likeness (QED) is 0.101. The van der Waals surface area contributed by atoms with E-state index in [9.17, 15) is 17.6 Å². The van der Waals surface area contributed by atoms with Crippen molar-refractivity contribution >= 4 is 43.5 Å². The minimum absolute atomic E-state index is 0. The molecule has 0 unspecified atom stereocenters. The van der Waals surface area contributed by atoms with Gasteiger partial charge in [-0.25, -0.2) is 0 Å². The van der Waals surface area contributed by atoms with Gasteiger partial charge < -0.3 is 9.40 Å². The first kappa shape index (κ1) is 32.6. The van der Waals surface area contributed by atoms with Crippen molar-refractivity contribution in [2.24, 2.45) is 5.41 Å². The summed E-state index contributed by atoms with van der Waals surface area (Å²) in [4.78, 5) is 7.56. The number of nitrogens with zero attached hydrogens (tertiary/aromatic N) is 2. The van der Waals surface area contributed by atoms with Gasteiger partial charge in [0.25, 0.3) is 0 Å². The molecule has 0 aliphatic heterocycles. The predicted octanol–water partition coefficient (Wildman–Crippen LogP) is 14.0. The molecule has 3 nitrogen and oxygen atoms in total. The van der Waals surface area contributed by atoms with Gasteiger partial charge in [0, 0.05) is 48.0 Å². The molecule has 0 N–H and O–H groups in total. The number of pyridine rings is 2. The molecular weight excluding hydrogens is 953 g/mol. The van der Waals surface area contributed by atoms with Crippen LogP contribution in [0.3, 0.4) is 0 Å². The maximum absolute atomic E-state index is 15.4. The molecule has 0 bridgehead atoms. The fraction of sp³-hybridized carbons (Fsp3) is 0.234. The van der Waals surface area contributed by atoms with Crippen LogP contribution in [-0.2, 0) is 38.3 Å². The number of alkyl halides is 8. The van der Waals surface area contributed by atoms with Crippen LogP contribution in [0, 0.1) is 31.3 Å². The maximum Gasteiger partial charge on any atom is 0.384 e. The van der Waals surface area contributed by atoms with E-state index in [4.69, 9.17) is 15.4 Å². The number of aromatic nitrogens is 2. The topological polar surface area (TPSA) is 38.9 Å². The van der Waals surface area contributed by atoms with Crippen LogP contribution in [0.25, 0.3) is 66.0 Å². The molecule has 8 aromatic rings. The smallest absolute Gasteiger partial charge is 0.384 e. The van der Waals surface area contributed by atoms with Crippen LogP contribution in [0.15, 0.2) is 108 Å². The summed E-state index contributed by atoms with van der Waals surface area (Å²) in [6.45, 7) is -0.652. The maximum atomic E-state index is 15.4. The molecule has 0 atom stereocenters. The molecule has 3 aromatic heterocycles. The van der Waals surface area contributed by atoms with Crippen molar-refractivity contribution in [2.45, 2.75) is 64.5 Å². The van der Waals surface area contributed by atoms with Crippen molar-refractivity contribution in [3.63, 3.8) is 0 Å². The Kier molecular flexibility index (Phi) is 8.03. The summed E-state index contributed by atoms with van der Waals surface area (Å²) in [6, 6.07) is 31.6. The van der Waals surface area contributed by atoms with Gasteiger partial charge >= 0.3 is 23.7 Å². The van der Waals surface area contributed by atoms with Crippen molar-refractivity contribution in [1.29, 1.82) is 0 Å². The number of aryl methyl sites for hydroxylation is 2. The number of hydrogen-bond donors (Lipinski definition) is 0. The number of halogens is 8. The summed E-state index contributed by atoms with van der Waals surface area (Å²) in [7, 11) is 0. The van der Waals surface area contributed by atoms with Gasteiger partial charge in [-0.15, -0.1) is 53.6 Å². The third-order valence-electron chi connectivity index (χ3n) is 9.74. The average Bonchev–Trinajstić information content (AvgIpc) is 3.64. The van der Waals surface area contributed by atoms with Crippen LogP contribution in [0.1, 0.15) is 59.7 Å². The van der Waals surface area contributed by atoms with Crippen molar-refractivity contribution in [1.82, 2.24) is 9.97 Å². The molecule has 0 spiro atoms. The molecule has 5 aromatic carbocycles. The zero-order chi connectivity index (χ0) is 48.4. The van der Waals surface area contributed by atoms with Crippen LogP contribution >= 0.6 is 0 Å². The van der Waals surface area contributed by atoms with Gasteiger partial charge in [0.2, 0.25) is 0 Å². The van der Waals surface area contributed by atoms with Crippen LogP contribution in [-0.4, -0.2) is 21.8 Å². The molecular formula is C47H34F8IrN2O-2. The molecule has 3 heterocycles. The zero-order valence-electron chi connectivity index (χ0n) is 39.0. The SMILES string of the molecule is [2H]C([2H])([2H])c1c[c-]c(-c2ccc(C([2H])([2H])[2H])cn2)cc1.[2H]C([2H])(c1cc(-c2[c-]ccc3c2oc2c3ccc3ccc4ccccc4c32)nc2c1C(F)(F)C(F)(F)C(F)(F)C2(F)F)C(C)(C)C.[Ir]. The largest absolute Gasteiger partial charge is 0.500 e. The monoisotopic (exact) mass is 995 g/mol. The Morgan fingerprint density at radius 2 is 1.39 bits per heavy atom. The van der Waals surface area contributed by atoms with Gasteiger partial charge in [0.15, 0.2) is 0 Å². The Morgan fingerprint density at radius 3 is 2.07 bits per heavy atom. The first-order chi connectivity index (χ1) is 30.4. The van der Waals surface area contributed by atoms with E-state index in [1.165, 1.54) is 51.2 Å². The second-order valence-electron chi connectivity index (χ2n) is 14.9. The third kappa shape index (κ3) is 6.78. The molecule has 305 valence electrons. The number of hydrogen-bond acceptors (Lipinski definition) is 3. The molecule has 12 heteroatoms. The first-order valence-corrected chi connectivity index (χ1v) is 17.7. The molecule has 1 radical (unpaired) electrons. The van der Waals surface area contributed by atoms with Gasteiger partial charge in [0.1, 0.15) is 11.3 Å². The zero-order valence-corrected chi connectivity index (χ0v) is 33.4. The van der Waals surface area contributed by atoms with Crippen molar-refractivity contribution in [3.8, 4) is 22.5 Å². The summed E-state index contributed by atoms with van der Waals surface area (Å²) in [5.74, 6) is -25.0. The van der Waals surface area contributed by atoms with E-state index >= 15 is 17.6 Å². The van der Waals surface area contributed by atoms with E-state index in [0.717, 1.165) is 16.2 Å². The molecule has 0 saturated heterocycles. The fourth-order valence-electron chi connectivity index (χ4n) is 7.04. The van der Waals surface area contributed by atoms with E-state index in [2.05, 4.69) is 22.1 Å². The minimum atomic E-state index is -6.57. The fourth-order valence-corrected chi connectivity index (χ4v) is 7.04. The Balaban J connectivity index is 0.000000267. The van der Waals surface area contributed by atoms with Gasteiger partial charge in [-0.1, -0.05) is 105 Å². The third-order valence-corrected chi connectivity index (χ3v) is 9.74. The Bertz CT molecular complexity index is 3150. The Labute approximate surface area is 359 Å². The van der Waals surface area contributed by atoms with Crippen molar-refractivity contribution < 1.29 is 70.6 Å². The number of fused-ring (bicyclic) bond motifs is 8. The molecule has 1 aliphatic carbocycles. The van der Waals surface area contributed by atoms with Crippen LogP contribution in [0.2, 0.25) is 0 Å². The van der Waals surface area contributed by atoms with Gasteiger partial charge in [0.05, 0.1) is 11.1 Å². The van der Waals surface area contributed by atoms with Crippen molar-refractivity contribution in [3.05, 3.63) is 143 Å². The molecule has 59 heavy (non-hydrogen) atoms. The van der Waals surface area contributed by atoms with Crippen molar-refractivity contribution in [2.75, 3.05) is 0 Å². The van der Waals surface area contributed by atoms with Crippen LogP contribution in [0.4, 0.5) is 35.1 Å². The normalized spacial score (nSPS) is 19.0. The summed E-state index contributed by atoms with van der Waals surface area (Å²) in [5, 5.41) is 4.20. The summed E-state index contributed by atoms with van der Waals surface area (Å²) in [6.07, 6.45) is -1.72. The molecule has 0 fully saturated rings. The van der Waals surface area contributed by atoms with Gasteiger partial charge in [-0.2, -0.15) is 35.1 Å².